The number of primary amides is 1. The zero-order chi connectivity index (χ0) is 14.2. The zero-order valence-electron chi connectivity index (χ0n) is 11.6. The molecule has 5 heteroatoms. The second kappa shape index (κ2) is 7.75. The van der Waals surface area contributed by atoms with Crippen LogP contribution in [-0.4, -0.2) is 32.3 Å². The van der Waals surface area contributed by atoms with E-state index in [-0.39, 0.29) is 12.3 Å². The lowest BCUT2D eigenvalue weighted by Crippen LogP contribution is -2.22. The molecule has 1 aromatic rings. The molecule has 20 heavy (non-hydrogen) atoms. The van der Waals surface area contributed by atoms with Gasteiger partial charge in [-0.3, -0.25) is 4.79 Å². The molecule has 3 N–H and O–H groups in total. The molecule has 0 radical (unpaired) electrons. The van der Waals surface area contributed by atoms with Gasteiger partial charge >= 0.3 is 0 Å². The molecule has 0 spiro atoms. The number of benzene rings is 1. The van der Waals surface area contributed by atoms with Crippen molar-refractivity contribution in [2.45, 2.75) is 19.3 Å². The number of carbonyl (C=O) groups excluding carboxylic acids is 1. The van der Waals surface area contributed by atoms with Gasteiger partial charge in [-0.25, -0.2) is 0 Å². The van der Waals surface area contributed by atoms with Crippen molar-refractivity contribution in [2.24, 2.45) is 11.7 Å². The van der Waals surface area contributed by atoms with Gasteiger partial charge in [0.05, 0.1) is 18.7 Å². The molecule has 1 aliphatic heterocycles. The van der Waals surface area contributed by atoms with E-state index >= 15 is 0 Å². The molecule has 2 rings (SSSR count). The Bertz CT molecular complexity index is 431. The summed E-state index contributed by atoms with van der Waals surface area (Å²) in [7, 11) is 0. The second-order valence-electron chi connectivity index (χ2n) is 5.00. The summed E-state index contributed by atoms with van der Waals surface area (Å²) in [6.07, 6.45) is 2.42. The van der Waals surface area contributed by atoms with Crippen LogP contribution in [0.1, 0.15) is 19.3 Å². The lowest BCUT2D eigenvalue weighted by atomic mass is 10.0. The molecule has 0 aliphatic carbocycles. The average Bonchev–Trinajstić information content (AvgIpc) is 2.47. The Morgan fingerprint density at radius 3 is 2.85 bits per heavy atom. The van der Waals surface area contributed by atoms with Gasteiger partial charge in [-0.05, 0) is 30.9 Å². The summed E-state index contributed by atoms with van der Waals surface area (Å²) in [4.78, 5) is 10.7. The minimum absolute atomic E-state index is 0.230. The summed E-state index contributed by atoms with van der Waals surface area (Å²) in [6, 6.07) is 7.76. The van der Waals surface area contributed by atoms with E-state index in [4.69, 9.17) is 15.2 Å². The van der Waals surface area contributed by atoms with Crippen LogP contribution in [0, 0.1) is 5.92 Å². The molecule has 5 nitrogen and oxygen atoms in total. The van der Waals surface area contributed by atoms with Gasteiger partial charge < -0.3 is 20.5 Å². The topological polar surface area (TPSA) is 73.6 Å². The molecule has 0 saturated carbocycles. The van der Waals surface area contributed by atoms with E-state index in [1.165, 1.54) is 0 Å². The normalized spacial score (nSPS) is 15.8. The summed E-state index contributed by atoms with van der Waals surface area (Å²) in [5.41, 5.74) is 6.07. The number of ether oxygens (including phenoxy) is 2. The molecule has 1 fully saturated rings. The Balaban J connectivity index is 1.84. The quantitative estimate of drug-likeness (QED) is 0.797. The minimum atomic E-state index is -0.349. The lowest BCUT2D eigenvalue weighted by Gasteiger charge is -2.23. The number of anilines is 1. The van der Waals surface area contributed by atoms with Crippen molar-refractivity contribution >= 4 is 11.6 Å². The van der Waals surface area contributed by atoms with Crippen LogP contribution in [0.4, 0.5) is 5.69 Å². The van der Waals surface area contributed by atoms with E-state index in [2.05, 4.69) is 5.32 Å². The summed E-state index contributed by atoms with van der Waals surface area (Å²) in [5.74, 6) is 1.06. The van der Waals surface area contributed by atoms with Crippen molar-refractivity contribution in [1.82, 2.24) is 0 Å². The van der Waals surface area contributed by atoms with Gasteiger partial charge in [0.1, 0.15) is 5.75 Å². The number of hydrogen-bond donors (Lipinski definition) is 2. The van der Waals surface area contributed by atoms with Gasteiger partial charge in [-0.15, -0.1) is 0 Å². The van der Waals surface area contributed by atoms with Crippen molar-refractivity contribution < 1.29 is 14.3 Å². The van der Waals surface area contributed by atoms with Crippen LogP contribution in [0.15, 0.2) is 24.3 Å². The molecule has 1 heterocycles. The van der Waals surface area contributed by atoms with Crippen molar-refractivity contribution in [3.05, 3.63) is 24.3 Å². The number of amides is 1. The highest BCUT2D eigenvalue weighted by Gasteiger charge is 2.14. The summed E-state index contributed by atoms with van der Waals surface area (Å²) < 4.78 is 11.0. The first kappa shape index (κ1) is 14.7. The van der Waals surface area contributed by atoms with E-state index in [1.807, 2.05) is 24.3 Å². The Morgan fingerprint density at radius 1 is 1.35 bits per heavy atom. The molecule has 1 aliphatic rings. The van der Waals surface area contributed by atoms with Crippen LogP contribution >= 0.6 is 0 Å². The summed E-state index contributed by atoms with van der Waals surface area (Å²) in [6.45, 7) is 2.93. The monoisotopic (exact) mass is 278 g/mol. The SMILES string of the molecule is NC(=O)CCOc1ccccc1NCC1CCOCC1. The number of para-hydroxylation sites is 2. The van der Waals surface area contributed by atoms with Gasteiger partial charge in [0, 0.05) is 19.8 Å². The third-order valence-electron chi connectivity index (χ3n) is 3.42. The highest BCUT2D eigenvalue weighted by Crippen LogP contribution is 2.25. The van der Waals surface area contributed by atoms with Gasteiger partial charge in [0.25, 0.3) is 0 Å². The molecule has 0 unspecified atom stereocenters. The Hall–Kier alpha value is -1.75. The van der Waals surface area contributed by atoms with E-state index in [0.29, 0.717) is 12.5 Å². The summed E-state index contributed by atoms with van der Waals surface area (Å²) in [5, 5.41) is 3.42. The van der Waals surface area contributed by atoms with Crippen molar-refractivity contribution in [3.8, 4) is 5.75 Å². The average molecular weight is 278 g/mol. The third-order valence-corrected chi connectivity index (χ3v) is 3.42. The van der Waals surface area contributed by atoms with Crippen LogP contribution in [0.25, 0.3) is 0 Å². The predicted octanol–water partition coefficient (Wildman–Crippen LogP) is 1.78. The van der Waals surface area contributed by atoms with Gasteiger partial charge in [0.15, 0.2) is 0 Å². The maximum Gasteiger partial charge on any atom is 0.220 e. The highest BCUT2D eigenvalue weighted by molar-refractivity contribution is 5.73. The van der Waals surface area contributed by atoms with Crippen molar-refractivity contribution in [2.75, 3.05) is 31.7 Å². The van der Waals surface area contributed by atoms with E-state index in [1.54, 1.807) is 0 Å². The highest BCUT2D eigenvalue weighted by atomic mass is 16.5. The smallest absolute Gasteiger partial charge is 0.220 e. The molecule has 0 bridgehead atoms. The first-order chi connectivity index (χ1) is 9.75. The molecule has 1 amide bonds. The third kappa shape index (κ3) is 4.74. The van der Waals surface area contributed by atoms with Gasteiger partial charge in [0.2, 0.25) is 5.91 Å². The van der Waals surface area contributed by atoms with E-state index in [9.17, 15) is 4.79 Å². The number of nitrogens with one attached hydrogen (secondary N) is 1. The van der Waals surface area contributed by atoms with Crippen LogP contribution in [0.5, 0.6) is 5.75 Å². The summed E-state index contributed by atoms with van der Waals surface area (Å²) >= 11 is 0. The number of rotatable bonds is 7. The largest absolute Gasteiger partial charge is 0.491 e. The van der Waals surface area contributed by atoms with E-state index < -0.39 is 0 Å². The van der Waals surface area contributed by atoms with Crippen LogP contribution in [0.2, 0.25) is 0 Å². The minimum Gasteiger partial charge on any atom is -0.491 e. The second-order valence-corrected chi connectivity index (χ2v) is 5.00. The zero-order valence-corrected chi connectivity index (χ0v) is 11.6. The molecule has 0 aromatic heterocycles. The number of carbonyl (C=O) groups is 1. The maximum atomic E-state index is 10.7. The Labute approximate surface area is 119 Å². The van der Waals surface area contributed by atoms with Crippen LogP contribution < -0.4 is 15.8 Å². The Morgan fingerprint density at radius 2 is 2.10 bits per heavy atom. The fourth-order valence-electron chi connectivity index (χ4n) is 2.20. The standard InChI is InChI=1S/C15H22N2O3/c16-15(18)7-10-20-14-4-2-1-3-13(14)17-11-12-5-8-19-9-6-12/h1-4,12,17H,5-11H2,(H2,16,18). The van der Waals surface area contributed by atoms with E-state index in [0.717, 1.165) is 44.0 Å². The predicted molar refractivity (Wildman–Crippen MR) is 77.8 cm³/mol. The lowest BCUT2D eigenvalue weighted by molar-refractivity contribution is -0.118. The molecule has 0 atom stereocenters. The maximum absolute atomic E-state index is 10.7. The van der Waals surface area contributed by atoms with Crippen LogP contribution in [0.3, 0.4) is 0 Å². The van der Waals surface area contributed by atoms with Gasteiger partial charge in [-0.2, -0.15) is 0 Å². The number of nitrogens with two attached hydrogens (primary N) is 1. The first-order valence-corrected chi connectivity index (χ1v) is 7.07. The van der Waals surface area contributed by atoms with Crippen LogP contribution in [-0.2, 0) is 9.53 Å². The molecular formula is C15H22N2O3. The van der Waals surface area contributed by atoms with Crippen molar-refractivity contribution in [1.29, 1.82) is 0 Å². The number of hydrogen-bond acceptors (Lipinski definition) is 4. The van der Waals surface area contributed by atoms with Crippen molar-refractivity contribution in [3.63, 3.8) is 0 Å². The molecular weight excluding hydrogens is 256 g/mol. The Kier molecular flexibility index (Phi) is 5.68. The van der Waals surface area contributed by atoms with Gasteiger partial charge in [-0.1, -0.05) is 12.1 Å². The molecule has 110 valence electrons. The molecule has 1 aromatic carbocycles. The first-order valence-electron chi connectivity index (χ1n) is 7.07. The fraction of sp³-hybridized carbons (Fsp3) is 0.533. The molecule has 1 saturated heterocycles. The fourth-order valence-corrected chi connectivity index (χ4v) is 2.20.